The van der Waals surface area contributed by atoms with Gasteiger partial charge in [0.25, 0.3) is 0 Å². The highest BCUT2D eigenvalue weighted by atomic mass is 32.2. The van der Waals surface area contributed by atoms with Crippen molar-refractivity contribution in [2.45, 2.75) is 10.9 Å². The third-order valence-electron chi connectivity index (χ3n) is 3.78. The van der Waals surface area contributed by atoms with Gasteiger partial charge in [-0.25, -0.2) is 14.1 Å². The zero-order valence-corrected chi connectivity index (χ0v) is 15.1. The summed E-state index contributed by atoms with van der Waals surface area (Å²) in [5, 5.41) is 12.2. The second kappa shape index (κ2) is 8.01. The maximum atomic E-state index is 13.3. The standard InChI is InChI=1S/C20H16FN5S/c21-16-7-4-8-18(13-16)26-12-11-17(25-26)14-27-20-22-19(23-24-20)10-9-15-5-2-1-3-6-15/h1-13H,14H2,(H,22,23,24)/b10-9+. The summed E-state index contributed by atoms with van der Waals surface area (Å²) in [4.78, 5) is 4.44. The number of halogens is 1. The lowest BCUT2D eigenvalue weighted by Crippen LogP contribution is -1.96. The fourth-order valence-electron chi connectivity index (χ4n) is 2.48. The van der Waals surface area contributed by atoms with Gasteiger partial charge in [0.05, 0.1) is 11.4 Å². The quantitative estimate of drug-likeness (QED) is 0.499. The molecule has 1 N–H and O–H groups in total. The van der Waals surface area contributed by atoms with Crippen LogP contribution in [0.2, 0.25) is 0 Å². The summed E-state index contributed by atoms with van der Waals surface area (Å²) in [5.74, 6) is 1.05. The summed E-state index contributed by atoms with van der Waals surface area (Å²) >= 11 is 1.49. The number of rotatable bonds is 6. The van der Waals surface area contributed by atoms with Gasteiger partial charge in [-0.15, -0.1) is 5.10 Å². The van der Waals surface area contributed by atoms with E-state index < -0.39 is 0 Å². The van der Waals surface area contributed by atoms with E-state index >= 15 is 0 Å². The van der Waals surface area contributed by atoms with Crippen molar-refractivity contribution in [3.05, 3.63) is 89.8 Å². The van der Waals surface area contributed by atoms with Gasteiger partial charge in [-0.3, -0.25) is 5.10 Å². The zero-order valence-electron chi connectivity index (χ0n) is 14.3. The van der Waals surface area contributed by atoms with E-state index in [1.165, 1.54) is 23.9 Å². The van der Waals surface area contributed by atoms with Crippen molar-refractivity contribution in [1.82, 2.24) is 25.0 Å². The molecule has 0 bridgehead atoms. The average Bonchev–Trinajstić information content (AvgIpc) is 3.35. The SMILES string of the molecule is Fc1cccc(-n2ccc(CSc3n[nH]c(/C=C/c4ccccc4)n3)n2)c1. The molecular formula is C20H16FN5S. The van der Waals surface area contributed by atoms with Crippen molar-refractivity contribution in [3.8, 4) is 5.69 Å². The number of hydrogen-bond acceptors (Lipinski definition) is 4. The second-order valence-corrected chi connectivity index (χ2v) is 6.71. The summed E-state index contributed by atoms with van der Waals surface area (Å²) in [5.41, 5.74) is 2.67. The van der Waals surface area contributed by atoms with E-state index in [-0.39, 0.29) is 5.82 Å². The number of thioether (sulfide) groups is 1. The van der Waals surface area contributed by atoms with Crippen molar-refractivity contribution in [2.24, 2.45) is 0 Å². The largest absolute Gasteiger partial charge is 0.259 e. The highest BCUT2D eigenvalue weighted by Crippen LogP contribution is 2.19. The molecule has 134 valence electrons. The predicted octanol–water partition coefficient (Wildman–Crippen LogP) is 4.59. The molecule has 0 spiro atoms. The van der Waals surface area contributed by atoms with Crippen LogP contribution in [0.4, 0.5) is 4.39 Å². The minimum atomic E-state index is -0.282. The Morgan fingerprint density at radius 3 is 2.78 bits per heavy atom. The zero-order chi connectivity index (χ0) is 18.5. The number of H-pyrrole nitrogens is 1. The van der Waals surface area contributed by atoms with Gasteiger partial charge in [-0.1, -0.05) is 54.2 Å². The Labute approximate surface area is 160 Å². The molecule has 0 aliphatic rings. The molecule has 0 unspecified atom stereocenters. The van der Waals surface area contributed by atoms with Gasteiger partial charge in [0.15, 0.2) is 0 Å². The van der Waals surface area contributed by atoms with E-state index in [0.29, 0.717) is 22.4 Å². The Hall–Kier alpha value is -3.19. The molecule has 27 heavy (non-hydrogen) atoms. The molecule has 2 aromatic heterocycles. The van der Waals surface area contributed by atoms with E-state index in [1.54, 1.807) is 10.7 Å². The Morgan fingerprint density at radius 2 is 1.93 bits per heavy atom. The lowest BCUT2D eigenvalue weighted by molar-refractivity contribution is 0.625. The normalized spacial score (nSPS) is 11.3. The van der Waals surface area contributed by atoms with E-state index in [9.17, 15) is 4.39 Å². The number of nitrogens with one attached hydrogen (secondary N) is 1. The van der Waals surface area contributed by atoms with Crippen LogP contribution in [0.3, 0.4) is 0 Å². The van der Waals surface area contributed by atoms with Crippen molar-refractivity contribution in [2.75, 3.05) is 0 Å². The van der Waals surface area contributed by atoms with Crippen LogP contribution in [0.1, 0.15) is 17.1 Å². The number of hydrogen-bond donors (Lipinski definition) is 1. The third kappa shape index (κ3) is 4.51. The van der Waals surface area contributed by atoms with Crippen LogP contribution in [0, 0.1) is 5.82 Å². The number of aromatic nitrogens is 5. The average molecular weight is 377 g/mol. The Bertz CT molecular complexity index is 1050. The molecule has 2 aromatic carbocycles. The number of nitrogens with zero attached hydrogens (tertiary/aromatic N) is 4. The molecule has 0 atom stereocenters. The molecule has 2 heterocycles. The van der Waals surface area contributed by atoms with E-state index in [1.807, 2.05) is 60.8 Å². The van der Waals surface area contributed by atoms with Crippen molar-refractivity contribution in [1.29, 1.82) is 0 Å². The van der Waals surface area contributed by atoms with Gasteiger partial charge in [0, 0.05) is 11.9 Å². The summed E-state index contributed by atoms with van der Waals surface area (Å²) in [6.07, 6.45) is 5.69. The van der Waals surface area contributed by atoms with Gasteiger partial charge >= 0.3 is 0 Å². The lowest BCUT2D eigenvalue weighted by atomic mass is 10.2. The highest BCUT2D eigenvalue weighted by molar-refractivity contribution is 7.98. The van der Waals surface area contributed by atoms with E-state index in [4.69, 9.17) is 0 Å². The first kappa shape index (κ1) is 17.2. The van der Waals surface area contributed by atoms with Crippen LogP contribution in [-0.4, -0.2) is 25.0 Å². The van der Waals surface area contributed by atoms with E-state index in [0.717, 1.165) is 11.3 Å². The van der Waals surface area contributed by atoms with Crippen LogP contribution >= 0.6 is 11.8 Å². The highest BCUT2D eigenvalue weighted by Gasteiger charge is 2.06. The van der Waals surface area contributed by atoms with Gasteiger partial charge in [-0.2, -0.15) is 5.10 Å². The summed E-state index contributed by atoms with van der Waals surface area (Å²) in [7, 11) is 0. The molecule has 0 amide bonds. The molecule has 0 saturated heterocycles. The molecule has 5 nitrogen and oxygen atoms in total. The van der Waals surface area contributed by atoms with Crippen molar-refractivity contribution < 1.29 is 4.39 Å². The van der Waals surface area contributed by atoms with Gasteiger partial charge in [0.2, 0.25) is 5.16 Å². The maximum absolute atomic E-state index is 13.3. The molecular weight excluding hydrogens is 361 g/mol. The molecule has 4 aromatic rings. The third-order valence-corrected chi connectivity index (χ3v) is 4.66. The maximum Gasteiger partial charge on any atom is 0.209 e. The van der Waals surface area contributed by atoms with Crippen LogP contribution in [0.25, 0.3) is 17.8 Å². The molecule has 4 rings (SSSR count). The fourth-order valence-corrected chi connectivity index (χ4v) is 3.18. The fraction of sp³-hybridized carbons (Fsp3) is 0.0500. The Balaban J connectivity index is 1.37. The first-order valence-corrected chi connectivity index (χ1v) is 9.34. The molecule has 0 saturated carbocycles. The molecule has 0 aliphatic carbocycles. The van der Waals surface area contributed by atoms with Crippen molar-refractivity contribution >= 4 is 23.9 Å². The monoisotopic (exact) mass is 377 g/mol. The van der Waals surface area contributed by atoms with Crippen LogP contribution in [0.5, 0.6) is 0 Å². The molecule has 0 radical (unpaired) electrons. The summed E-state index contributed by atoms with van der Waals surface area (Å²) < 4.78 is 15.0. The Morgan fingerprint density at radius 1 is 1.04 bits per heavy atom. The molecule has 0 aliphatic heterocycles. The first-order valence-electron chi connectivity index (χ1n) is 8.35. The number of aromatic amines is 1. The summed E-state index contributed by atoms with van der Waals surface area (Å²) in [6, 6.07) is 18.3. The minimum Gasteiger partial charge on any atom is -0.259 e. The van der Waals surface area contributed by atoms with Crippen LogP contribution < -0.4 is 0 Å². The molecule has 0 fully saturated rings. The number of benzene rings is 2. The van der Waals surface area contributed by atoms with Gasteiger partial charge in [-0.05, 0) is 35.9 Å². The van der Waals surface area contributed by atoms with Crippen LogP contribution in [-0.2, 0) is 5.75 Å². The smallest absolute Gasteiger partial charge is 0.209 e. The van der Waals surface area contributed by atoms with Gasteiger partial charge < -0.3 is 0 Å². The first-order chi connectivity index (χ1) is 13.3. The molecule has 7 heteroatoms. The summed E-state index contributed by atoms with van der Waals surface area (Å²) in [6.45, 7) is 0. The van der Waals surface area contributed by atoms with Gasteiger partial charge in [0.1, 0.15) is 11.6 Å². The Kier molecular flexibility index (Phi) is 5.11. The predicted molar refractivity (Wildman–Crippen MR) is 105 cm³/mol. The lowest BCUT2D eigenvalue weighted by Gasteiger charge is -2.00. The topological polar surface area (TPSA) is 59.4 Å². The van der Waals surface area contributed by atoms with Crippen LogP contribution in [0.15, 0.2) is 72.0 Å². The second-order valence-electron chi connectivity index (χ2n) is 5.77. The minimum absolute atomic E-state index is 0.282. The van der Waals surface area contributed by atoms with Crippen molar-refractivity contribution in [3.63, 3.8) is 0 Å². The van der Waals surface area contributed by atoms with E-state index in [2.05, 4.69) is 20.3 Å².